The van der Waals surface area contributed by atoms with Crippen molar-refractivity contribution in [2.75, 3.05) is 6.54 Å². The smallest absolute Gasteiger partial charge is 0.326 e. The number of carbonyl (C=O) groups excluding carboxylic acids is 1. The summed E-state index contributed by atoms with van der Waals surface area (Å²) in [5, 5.41) is 23.7. The first-order valence-electron chi connectivity index (χ1n) is 6.42. The van der Waals surface area contributed by atoms with E-state index in [0.29, 0.717) is 0 Å². The summed E-state index contributed by atoms with van der Waals surface area (Å²) < 4.78 is 0. The number of phenolic OH excluding ortho intramolecular Hbond substituents is 1. The standard InChI is InChI=1S/C14H20N2O4/c1-9(2)15-8-13(18)16-12(14(19)20)7-10-3-5-11(17)6-4-10/h3-6,9,12,15,17H,7-8H2,1-2H3,(H,16,18)(H,19,20). The zero-order chi connectivity index (χ0) is 15.1. The van der Waals surface area contributed by atoms with Crippen LogP contribution >= 0.6 is 0 Å². The third-order valence-electron chi connectivity index (χ3n) is 2.68. The van der Waals surface area contributed by atoms with E-state index < -0.39 is 12.0 Å². The van der Waals surface area contributed by atoms with Crippen LogP contribution in [0.4, 0.5) is 0 Å². The number of rotatable bonds is 7. The number of phenols is 1. The van der Waals surface area contributed by atoms with Crippen LogP contribution in [-0.2, 0) is 16.0 Å². The van der Waals surface area contributed by atoms with E-state index in [9.17, 15) is 14.7 Å². The van der Waals surface area contributed by atoms with Crippen LogP contribution in [0.2, 0.25) is 0 Å². The van der Waals surface area contributed by atoms with Gasteiger partial charge in [-0.2, -0.15) is 0 Å². The van der Waals surface area contributed by atoms with E-state index in [0.717, 1.165) is 5.56 Å². The minimum Gasteiger partial charge on any atom is -0.508 e. The largest absolute Gasteiger partial charge is 0.508 e. The zero-order valence-corrected chi connectivity index (χ0v) is 11.6. The number of amides is 1. The maximum Gasteiger partial charge on any atom is 0.326 e. The van der Waals surface area contributed by atoms with Crippen LogP contribution in [0.25, 0.3) is 0 Å². The van der Waals surface area contributed by atoms with Gasteiger partial charge in [0.25, 0.3) is 0 Å². The van der Waals surface area contributed by atoms with E-state index in [4.69, 9.17) is 5.11 Å². The summed E-state index contributed by atoms with van der Waals surface area (Å²) in [4.78, 5) is 22.8. The molecule has 0 radical (unpaired) electrons. The Labute approximate surface area is 117 Å². The van der Waals surface area contributed by atoms with Crippen LogP contribution in [0.5, 0.6) is 5.75 Å². The fourth-order valence-corrected chi connectivity index (χ4v) is 1.61. The molecule has 0 spiro atoms. The van der Waals surface area contributed by atoms with Crippen LogP contribution in [0.1, 0.15) is 19.4 Å². The summed E-state index contributed by atoms with van der Waals surface area (Å²) in [6.07, 6.45) is 0.170. The molecule has 1 atom stereocenters. The van der Waals surface area contributed by atoms with E-state index in [1.165, 1.54) is 12.1 Å². The molecule has 1 rings (SSSR count). The molecule has 0 saturated carbocycles. The average Bonchev–Trinajstić information content (AvgIpc) is 2.38. The third kappa shape index (κ3) is 5.71. The van der Waals surface area contributed by atoms with Gasteiger partial charge in [-0.05, 0) is 17.7 Å². The molecule has 0 fully saturated rings. The molecular weight excluding hydrogens is 260 g/mol. The second-order valence-electron chi connectivity index (χ2n) is 4.86. The van der Waals surface area contributed by atoms with Crippen molar-refractivity contribution >= 4 is 11.9 Å². The highest BCUT2D eigenvalue weighted by atomic mass is 16.4. The Hall–Kier alpha value is -2.08. The molecule has 0 aromatic heterocycles. The molecule has 1 aromatic carbocycles. The van der Waals surface area contributed by atoms with Gasteiger partial charge in [-0.15, -0.1) is 0 Å². The summed E-state index contributed by atoms with van der Waals surface area (Å²) in [5.74, 6) is -1.33. The Kier molecular flexibility index (Phi) is 5.99. The summed E-state index contributed by atoms with van der Waals surface area (Å²) in [6, 6.07) is 5.39. The summed E-state index contributed by atoms with van der Waals surface area (Å²) in [7, 11) is 0. The van der Waals surface area contributed by atoms with Crippen LogP contribution in [0.3, 0.4) is 0 Å². The lowest BCUT2D eigenvalue weighted by atomic mass is 10.1. The van der Waals surface area contributed by atoms with Gasteiger partial charge in [0.2, 0.25) is 5.91 Å². The van der Waals surface area contributed by atoms with Crippen LogP contribution in [0.15, 0.2) is 24.3 Å². The van der Waals surface area contributed by atoms with Crippen LogP contribution in [-0.4, -0.2) is 40.7 Å². The number of benzene rings is 1. The first kappa shape index (κ1) is 16.0. The van der Waals surface area contributed by atoms with Crippen molar-refractivity contribution in [3.63, 3.8) is 0 Å². The number of hydrogen-bond donors (Lipinski definition) is 4. The Bertz CT molecular complexity index is 457. The molecule has 0 aliphatic heterocycles. The number of carboxylic acids is 1. The topological polar surface area (TPSA) is 98.7 Å². The monoisotopic (exact) mass is 280 g/mol. The van der Waals surface area contributed by atoms with Gasteiger partial charge in [0, 0.05) is 12.5 Å². The Morgan fingerprint density at radius 2 is 1.80 bits per heavy atom. The van der Waals surface area contributed by atoms with Crippen molar-refractivity contribution < 1.29 is 19.8 Å². The maximum atomic E-state index is 11.6. The highest BCUT2D eigenvalue weighted by Gasteiger charge is 2.20. The Morgan fingerprint density at radius 3 is 2.30 bits per heavy atom. The predicted octanol–water partition coefficient (Wildman–Crippen LogP) is 0.502. The van der Waals surface area contributed by atoms with E-state index in [2.05, 4.69) is 10.6 Å². The third-order valence-corrected chi connectivity index (χ3v) is 2.68. The minimum atomic E-state index is -1.09. The summed E-state index contributed by atoms with van der Waals surface area (Å²) >= 11 is 0. The quantitative estimate of drug-likeness (QED) is 0.583. The number of carbonyl (C=O) groups is 2. The van der Waals surface area contributed by atoms with Crippen molar-refractivity contribution in [3.05, 3.63) is 29.8 Å². The molecule has 20 heavy (non-hydrogen) atoms. The highest BCUT2D eigenvalue weighted by molar-refractivity contribution is 5.84. The highest BCUT2D eigenvalue weighted by Crippen LogP contribution is 2.11. The lowest BCUT2D eigenvalue weighted by Gasteiger charge is -2.15. The normalized spacial score (nSPS) is 12.2. The summed E-state index contributed by atoms with van der Waals surface area (Å²) in [5.41, 5.74) is 0.729. The lowest BCUT2D eigenvalue weighted by molar-refractivity contribution is -0.141. The van der Waals surface area contributed by atoms with Gasteiger partial charge < -0.3 is 20.8 Å². The SMILES string of the molecule is CC(C)NCC(=O)NC(Cc1ccc(O)cc1)C(=O)O. The molecule has 0 saturated heterocycles. The van der Waals surface area contributed by atoms with E-state index >= 15 is 0 Å². The number of hydrogen-bond acceptors (Lipinski definition) is 4. The molecule has 0 heterocycles. The number of carboxylic acid groups (broad SMARTS) is 1. The molecule has 4 N–H and O–H groups in total. The molecule has 1 unspecified atom stereocenters. The first-order valence-corrected chi connectivity index (χ1v) is 6.42. The first-order chi connectivity index (χ1) is 9.38. The van der Waals surface area contributed by atoms with Crippen LogP contribution in [0, 0.1) is 0 Å². The van der Waals surface area contributed by atoms with E-state index in [1.54, 1.807) is 12.1 Å². The van der Waals surface area contributed by atoms with Crippen molar-refractivity contribution in [1.29, 1.82) is 0 Å². The number of nitrogens with one attached hydrogen (secondary N) is 2. The average molecular weight is 280 g/mol. The molecule has 6 heteroatoms. The van der Waals surface area contributed by atoms with E-state index in [1.807, 2.05) is 13.8 Å². The Balaban J connectivity index is 2.58. The second kappa shape index (κ2) is 7.49. The van der Waals surface area contributed by atoms with Gasteiger partial charge in [-0.1, -0.05) is 26.0 Å². The fraction of sp³-hybridized carbons (Fsp3) is 0.429. The van der Waals surface area contributed by atoms with Gasteiger partial charge in [0.1, 0.15) is 11.8 Å². The van der Waals surface area contributed by atoms with Crippen molar-refractivity contribution in [2.24, 2.45) is 0 Å². The molecule has 110 valence electrons. The second-order valence-corrected chi connectivity index (χ2v) is 4.86. The molecule has 0 aliphatic rings. The van der Waals surface area contributed by atoms with Gasteiger partial charge in [0.15, 0.2) is 0 Å². The Morgan fingerprint density at radius 1 is 1.20 bits per heavy atom. The van der Waals surface area contributed by atoms with Crippen molar-refractivity contribution in [2.45, 2.75) is 32.4 Å². The predicted molar refractivity (Wildman–Crippen MR) is 74.5 cm³/mol. The number of aromatic hydroxyl groups is 1. The molecule has 6 nitrogen and oxygen atoms in total. The fourth-order valence-electron chi connectivity index (χ4n) is 1.61. The van der Waals surface area contributed by atoms with Gasteiger partial charge >= 0.3 is 5.97 Å². The molecule has 0 bridgehead atoms. The molecule has 1 aromatic rings. The lowest BCUT2D eigenvalue weighted by Crippen LogP contribution is -2.46. The van der Waals surface area contributed by atoms with Crippen molar-refractivity contribution in [1.82, 2.24) is 10.6 Å². The van der Waals surface area contributed by atoms with E-state index in [-0.39, 0.29) is 30.7 Å². The maximum absolute atomic E-state index is 11.6. The summed E-state index contributed by atoms with van der Waals surface area (Å²) in [6.45, 7) is 3.88. The zero-order valence-electron chi connectivity index (χ0n) is 11.6. The van der Waals surface area contributed by atoms with Gasteiger partial charge in [-0.3, -0.25) is 4.79 Å². The minimum absolute atomic E-state index is 0.0804. The van der Waals surface area contributed by atoms with Crippen LogP contribution < -0.4 is 10.6 Å². The molecular formula is C14H20N2O4. The number of aliphatic carboxylic acids is 1. The van der Waals surface area contributed by atoms with Gasteiger partial charge in [-0.25, -0.2) is 4.79 Å². The van der Waals surface area contributed by atoms with Crippen molar-refractivity contribution in [3.8, 4) is 5.75 Å². The molecule has 1 amide bonds. The van der Waals surface area contributed by atoms with Gasteiger partial charge in [0.05, 0.1) is 6.54 Å². The molecule has 0 aliphatic carbocycles.